The molecule has 4 rings (SSSR count). The van der Waals surface area contributed by atoms with Gasteiger partial charge in [0.25, 0.3) is 0 Å². The molecule has 0 fully saturated rings. The van der Waals surface area contributed by atoms with Crippen LogP contribution in [0.25, 0.3) is 21.5 Å². The molecule has 0 radical (unpaired) electrons. The summed E-state index contributed by atoms with van der Waals surface area (Å²) >= 11 is 5.40. The predicted octanol–water partition coefficient (Wildman–Crippen LogP) is 5.29. The van der Waals surface area contributed by atoms with Crippen molar-refractivity contribution in [3.63, 3.8) is 0 Å². The van der Waals surface area contributed by atoms with Crippen molar-refractivity contribution < 1.29 is 0 Å². The minimum absolute atomic E-state index is 0.612. The van der Waals surface area contributed by atoms with Gasteiger partial charge in [-0.15, -0.1) is 0 Å². The third-order valence-electron chi connectivity index (χ3n) is 4.21. The molecule has 4 aromatic rings. The predicted molar refractivity (Wildman–Crippen MR) is 110 cm³/mol. The highest BCUT2D eigenvalue weighted by atomic mass is 32.1. The Morgan fingerprint density at radius 1 is 0.760 bits per heavy atom. The van der Waals surface area contributed by atoms with Crippen LogP contribution in [0.1, 0.15) is 11.1 Å². The van der Waals surface area contributed by atoms with Crippen LogP contribution in [0.4, 0.5) is 0 Å². The number of nitrogens with zero attached hydrogens (tertiary/aromatic N) is 1. The average Bonchev–Trinajstić information content (AvgIpc) is 2.68. The fraction of sp³-hybridized carbons (Fsp3) is 0. The fourth-order valence-electron chi connectivity index (χ4n) is 3.00. The fourth-order valence-corrected chi connectivity index (χ4v) is 3.19. The van der Waals surface area contributed by atoms with Gasteiger partial charge in [-0.3, -0.25) is 5.43 Å². The lowest BCUT2D eigenvalue weighted by molar-refractivity contribution is 1.06. The molecule has 3 heteroatoms. The van der Waals surface area contributed by atoms with Gasteiger partial charge in [-0.2, -0.15) is 5.10 Å². The van der Waals surface area contributed by atoms with Gasteiger partial charge in [0.2, 0.25) is 0 Å². The molecule has 0 bridgehead atoms. The van der Waals surface area contributed by atoms with Crippen molar-refractivity contribution in [2.24, 2.45) is 5.10 Å². The molecule has 0 unspecified atom stereocenters. The molecule has 1 N–H and O–H groups in total. The maximum absolute atomic E-state index is 5.40. The van der Waals surface area contributed by atoms with Crippen molar-refractivity contribution >= 4 is 45.0 Å². The third-order valence-corrected chi connectivity index (χ3v) is 4.54. The summed E-state index contributed by atoms with van der Waals surface area (Å²) in [6, 6.07) is 28.8. The Balaban J connectivity index is 1.73. The first-order valence-corrected chi connectivity index (χ1v) is 8.53. The molecule has 0 amide bonds. The first-order valence-electron chi connectivity index (χ1n) is 8.12. The standard InChI is InChI=1S/C22H16N2S/c25-22(16-8-2-1-3-9-16)24-23-15-21-19-12-6-4-10-17(19)14-18-11-5-7-13-20(18)21/h1-15H,(H,24,25)/b23-15+. The second-order valence-electron chi connectivity index (χ2n) is 5.80. The van der Waals surface area contributed by atoms with Crippen molar-refractivity contribution in [1.82, 2.24) is 5.43 Å². The van der Waals surface area contributed by atoms with E-state index in [1.165, 1.54) is 21.5 Å². The molecule has 0 spiro atoms. The Labute approximate surface area is 151 Å². The molecule has 2 nitrogen and oxygen atoms in total. The molecular formula is C22H16N2S. The molecule has 120 valence electrons. The lowest BCUT2D eigenvalue weighted by atomic mass is 9.97. The van der Waals surface area contributed by atoms with E-state index in [2.05, 4.69) is 65.1 Å². The van der Waals surface area contributed by atoms with Crippen molar-refractivity contribution in [1.29, 1.82) is 0 Å². The highest BCUT2D eigenvalue weighted by Gasteiger charge is 2.05. The summed E-state index contributed by atoms with van der Waals surface area (Å²) in [5.74, 6) is 0. The zero-order valence-corrected chi connectivity index (χ0v) is 14.3. The second-order valence-corrected chi connectivity index (χ2v) is 6.21. The molecule has 0 aromatic heterocycles. The van der Waals surface area contributed by atoms with Gasteiger partial charge in [0.1, 0.15) is 4.99 Å². The van der Waals surface area contributed by atoms with Gasteiger partial charge < -0.3 is 0 Å². The summed E-state index contributed by atoms with van der Waals surface area (Å²) in [5.41, 5.74) is 5.03. The molecule has 0 aliphatic carbocycles. The van der Waals surface area contributed by atoms with E-state index in [0.29, 0.717) is 4.99 Å². The van der Waals surface area contributed by atoms with Crippen LogP contribution in [0.2, 0.25) is 0 Å². The van der Waals surface area contributed by atoms with Crippen molar-refractivity contribution in [2.75, 3.05) is 0 Å². The summed E-state index contributed by atoms with van der Waals surface area (Å²) in [6.45, 7) is 0. The second kappa shape index (κ2) is 6.83. The van der Waals surface area contributed by atoms with Gasteiger partial charge in [-0.25, -0.2) is 0 Å². The minimum Gasteiger partial charge on any atom is -0.267 e. The molecular weight excluding hydrogens is 324 g/mol. The van der Waals surface area contributed by atoms with Gasteiger partial charge in [0.05, 0.1) is 6.21 Å². The zero-order valence-electron chi connectivity index (χ0n) is 13.5. The first-order chi connectivity index (χ1) is 12.3. The highest BCUT2D eigenvalue weighted by Crippen LogP contribution is 2.27. The van der Waals surface area contributed by atoms with E-state index >= 15 is 0 Å². The van der Waals surface area contributed by atoms with Gasteiger partial charge in [0.15, 0.2) is 0 Å². The normalized spacial score (nSPS) is 11.2. The minimum atomic E-state index is 0.612. The van der Waals surface area contributed by atoms with Crippen LogP contribution in [0.5, 0.6) is 0 Å². The maximum atomic E-state index is 5.40. The molecule has 0 saturated carbocycles. The van der Waals surface area contributed by atoms with Crippen LogP contribution in [-0.2, 0) is 0 Å². The van der Waals surface area contributed by atoms with Gasteiger partial charge >= 0.3 is 0 Å². The van der Waals surface area contributed by atoms with Crippen LogP contribution in [0.15, 0.2) is 90.0 Å². The van der Waals surface area contributed by atoms with Crippen LogP contribution in [-0.4, -0.2) is 11.2 Å². The van der Waals surface area contributed by atoms with Gasteiger partial charge in [0, 0.05) is 11.1 Å². The van der Waals surface area contributed by atoms with Crippen LogP contribution >= 0.6 is 12.2 Å². The van der Waals surface area contributed by atoms with Gasteiger partial charge in [-0.1, -0.05) is 91.1 Å². The third kappa shape index (κ3) is 3.14. The summed E-state index contributed by atoms with van der Waals surface area (Å²) in [4.78, 5) is 0.612. The van der Waals surface area contributed by atoms with Crippen molar-refractivity contribution in [2.45, 2.75) is 0 Å². The largest absolute Gasteiger partial charge is 0.267 e. The Kier molecular flexibility index (Phi) is 4.23. The average molecular weight is 340 g/mol. The van der Waals surface area contributed by atoms with Crippen molar-refractivity contribution in [3.8, 4) is 0 Å². The number of thiocarbonyl (C=S) groups is 1. The highest BCUT2D eigenvalue weighted by molar-refractivity contribution is 7.80. The van der Waals surface area contributed by atoms with Crippen LogP contribution in [0, 0.1) is 0 Å². The van der Waals surface area contributed by atoms with Crippen molar-refractivity contribution in [3.05, 3.63) is 96.1 Å². The molecule has 0 aliphatic heterocycles. The number of hydrogen-bond acceptors (Lipinski definition) is 2. The summed E-state index contributed by atoms with van der Waals surface area (Å²) in [7, 11) is 0. The van der Waals surface area contributed by atoms with Crippen LogP contribution in [0.3, 0.4) is 0 Å². The maximum Gasteiger partial charge on any atom is 0.126 e. The molecule has 4 aromatic carbocycles. The smallest absolute Gasteiger partial charge is 0.126 e. The Hall–Kier alpha value is -3.04. The summed E-state index contributed by atoms with van der Waals surface area (Å²) < 4.78 is 0. The van der Waals surface area contributed by atoms with E-state index in [1.807, 2.05) is 36.5 Å². The SMILES string of the molecule is S=C(N/N=C/c1c2ccccc2cc2ccccc12)c1ccccc1. The number of benzene rings is 4. The topological polar surface area (TPSA) is 24.4 Å². The van der Waals surface area contributed by atoms with E-state index in [1.54, 1.807) is 0 Å². The number of fused-ring (bicyclic) bond motifs is 2. The van der Waals surface area contributed by atoms with E-state index < -0.39 is 0 Å². The zero-order chi connectivity index (χ0) is 17.1. The van der Waals surface area contributed by atoms with E-state index in [-0.39, 0.29) is 0 Å². The number of nitrogens with one attached hydrogen (secondary N) is 1. The lowest BCUT2D eigenvalue weighted by Crippen LogP contribution is -2.16. The Morgan fingerprint density at radius 3 is 1.96 bits per heavy atom. The number of hydrazone groups is 1. The Morgan fingerprint density at radius 2 is 1.32 bits per heavy atom. The first kappa shape index (κ1) is 15.5. The summed E-state index contributed by atoms with van der Waals surface area (Å²) in [5, 5.41) is 9.16. The monoisotopic (exact) mass is 340 g/mol. The Bertz CT molecular complexity index is 1030. The molecule has 0 atom stereocenters. The quantitative estimate of drug-likeness (QED) is 0.237. The van der Waals surface area contributed by atoms with E-state index in [0.717, 1.165) is 11.1 Å². The van der Waals surface area contributed by atoms with Gasteiger partial charge in [-0.05, 0) is 27.6 Å². The van der Waals surface area contributed by atoms with Crippen LogP contribution < -0.4 is 5.43 Å². The molecule has 0 aliphatic rings. The summed E-state index contributed by atoms with van der Waals surface area (Å²) in [6.07, 6.45) is 1.86. The number of rotatable bonds is 3. The number of hydrogen-bond donors (Lipinski definition) is 1. The molecule has 0 saturated heterocycles. The molecule has 0 heterocycles. The lowest BCUT2D eigenvalue weighted by Gasteiger charge is -2.08. The molecule has 25 heavy (non-hydrogen) atoms. The van der Waals surface area contributed by atoms with E-state index in [4.69, 9.17) is 12.2 Å². The van der Waals surface area contributed by atoms with E-state index in [9.17, 15) is 0 Å².